The van der Waals surface area contributed by atoms with Crippen LogP contribution < -0.4 is 5.32 Å². The second-order valence-electron chi connectivity index (χ2n) is 4.70. The highest BCUT2D eigenvalue weighted by atomic mass is 19.1. The third kappa shape index (κ3) is 3.29. The number of ether oxygens (including phenoxy) is 1. The molecular weight excluding hydrogens is 227 g/mol. The van der Waals surface area contributed by atoms with Crippen molar-refractivity contribution in [2.75, 3.05) is 26.3 Å². The lowest BCUT2D eigenvalue weighted by Crippen LogP contribution is -2.55. The number of piperidine rings is 1. The summed E-state index contributed by atoms with van der Waals surface area (Å²) in [5.74, 6) is 0. The van der Waals surface area contributed by atoms with Crippen LogP contribution in [0.4, 0.5) is 9.18 Å². The van der Waals surface area contributed by atoms with E-state index in [0.29, 0.717) is 19.0 Å². The number of hydrogen-bond donors (Lipinski definition) is 2. The summed E-state index contributed by atoms with van der Waals surface area (Å²) in [7, 11) is 0. The van der Waals surface area contributed by atoms with Gasteiger partial charge in [0.25, 0.3) is 0 Å². The van der Waals surface area contributed by atoms with Crippen molar-refractivity contribution in [3.63, 3.8) is 0 Å². The number of likely N-dealkylation sites (tertiary alicyclic amines) is 1. The van der Waals surface area contributed by atoms with Gasteiger partial charge < -0.3 is 15.2 Å². The van der Waals surface area contributed by atoms with Gasteiger partial charge in [0.1, 0.15) is 6.17 Å². The monoisotopic (exact) mass is 246 g/mol. The van der Waals surface area contributed by atoms with Gasteiger partial charge >= 0.3 is 6.09 Å². The highest BCUT2D eigenvalue weighted by molar-refractivity contribution is 5.64. The lowest BCUT2D eigenvalue weighted by atomic mass is 9.98. The Morgan fingerprint density at radius 1 is 1.35 bits per heavy atom. The molecule has 2 aliphatic rings. The van der Waals surface area contributed by atoms with Crippen molar-refractivity contribution in [1.29, 1.82) is 0 Å². The Morgan fingerprint density at radius 3 is 2.65 bits per heavy atom. The molecule has 0 spiro atoms. The Balaban J connectivity index is 1.83. The summed E-state index contributed by atoms with van der Waals surface area (Å²) in [5.41, 5.74) is 0. The molecule has 2 aliphatic heterocycles. The molecule has 2 rings (SSSR count). The minimum absolute atomic E-state index is 0.329. The van der Waals surface area contributed by atoms with Gasteiger partial charge in [-0.3, -0.25) is 4.90 Å². The lowest BCUT2D eigenvalue weighted by Gasteiger charge is -2.40. The average Bonchev–Trinajstić information content (AvgIpc) is 2.32. The first-order valence-corrected chi connectivity index (χ1v) is 6.12. The molecule has 0 radical (unpaired) electrons. The largest absolute Gasteiger partial charge is 0.465 e. The second-order valence-corrected chi connectivity index (χ2v) is 4.70. The van der Waals surface area contributed by atoms with Gasteiger partial charge in [-0.05, 0) is 19.3 Å². The minimum atomic E-state index is -1.14. The van der Waals surface area contributed by atoms with Gasteiger partial charge in [0.05, 0.1) is 6.04 Å². The van der Waals surface area contributed by atoms with Gasteiger partial charge in [-0.2, -0.15) is 0 Å². The van der Waals surface area contributed by atoms with Crippen LogP contribution in [0.5, 0.6) is 0 Å². The summed E-state index contributed by atoms with van der Waals surface area (Å²) in [5, 5.41) is 10.8. The third-order valence-electron chi connectivity index (χ3n) is 3.59. The SMILES string of the molecule is O=C(O)N[C@H]1CCN(C2CCOCC2)C[C@@H]1F. The van der Waals surface area contributed by atoms with Crippen LogP contribution in [0, 0.1) is 0 Å². The summed E-state index contributed by atoms with van der Waals surface area (Å²) >= 11 is 0. The molecule has 2 atom stereocenters. The molecule has 2 heterocycles. The average molecular weight is 246 g/mol. The summed E-state index contributed by atoms with van der Waals surface area (Å²) < 4.78 is 19.1. The van der Waals surface area contributed by atoms with E-state index in [0.717, 1.165) is 32.6 Å². The number of alkyl halides is 1. The van der Waals surface area contributed by atoms with Crippen LogP contribution in [-0.4, -0.2) is 60.7 Å². The van der Waals surface area contributed by atoms with Gasteiger partial charge in [-0.15, -0.1) is 0 Å². The van der Waals surface area contributed by atoms with Crippen molar-refractivity contribution in [1.82, 2.24) is 10.2 Å². The fraction of sp³-hybridized carbons (Fsp3) is 0.909. The normalized spacial score (nSPS) is 32.3. The Morgan fingerprint density at radius 2 is 2.06 bits per heavy atom. The van der Waals surface area contributed by atoms with Gasteiger partial charge in [0, 0.05) is 32.3 Å². The van der Waals surface area contributed by atoms with Gasteiger partial charge in [0.2, 0.25) is 0 Å². The maximum absolute atomic E-state index is 13.8. The van der Waals surface area contributed by atoms with Crippen molar-refractivity contribution in [3.8, 4) is 0 Å². The molecule has 0 bridgehead atoms. The van der Waals surface area contributed by atoms with E-state index >= 15 is 0 Å². The highest BCUT2D eigenvalue weighted by Crippen LogP contribution is 2.21. The fourth-order valence-corrected chi connectivity index (χ4v) is 2.63. The maximum Gasteiger partial charge on any atom is 0.404 e. The summed E-state index contributed by atoms with van der Waals surface area (Å²) in [6.45, 7) is 2.58. The van der Waals surface area contributed by atoms with E-state index in [2.05, 4.69) is 10.2 Å². The Bertz CT molecular complexity index is 271. The zero-order valence-electron chi connectivity index (χ0n) is 9.77. The van der Waals surface area contributed by atoms with E-state index in [4.69, 9.17) is 9.84 Å². The number of hydrogen-bond acceptors (Lipinski definition) is 3. The first kappa shape index (κ1) is 12.6. The predicted molar refractivity (Wildman–Crippen MR) is 59.9 cm³/mol. The molecule has 17 heavy (non-hydrogen) atoms. The Kier molecular flexibility index (Phi) is 4.17. The summed E-state index contributed by atoms with van der Waals surface area (Å²) in [4.78, 5) is 12.6. The molecule has 98 valence electrons. The highest BCUT2D eigenvalue weighted by Gasteiger charge is 2.33. The van der Waals surface area contributed by atoms with E-state index in [1.807, 2.05) is 0 Å². The zero-order chi connectivity index (χ0) is 12.3. The van der Waals surface area contributed by atoms with Gasteiger partial charge in [0.15, 0.2) is 0 Å². The molecule has 2 N–H and O–H groups in total. The number of carbonyl (C=O) groups is 1. The predicted octanol–water partition coefficient (Wildman–Crippen LogP) is 0.845. The topological polar surface area (TPSA) is 61.8 Å². The van der Waals surface area contributed by atoms with E-state index in [9.17, 15) is 9.18 Å². The first-order chi connectivity index (χ1) is 8.16. The number of nitrogens with zero attached hydrogens (tertiary/aromatic N) is 1. The Labute approximate surface area is 99.9 Å². The van der Waals surface area contributed by atoms with E-state index in [1.54, 1.807) is 0 Å². The standard InChI is InChI=1S/C11H19FN2O3/c12-9-7-14(8-2-5-17-6-3-8)4-1-10(9)13-11(15)16/h8-10,13H,1-7H2,(H,15,16)/t9-,10-/m0/s1. The molecular formula is C11H19FN2O3. The molecule has 0 aromatic carbocycles. The van der Waals surface area contributed by atoms with Crippen LogP contribution in [-0.2, 0) is 4.74 Å². The fourth-order valence-electron chi connectivity index (χ4n) is 2.63. The number of carboxylic acid groups (broad SMARTS) is 1. The third-order valence-corrected chi connectivity index (χ3v) is 3.59. The van der Waals surface area contributed by atoms with Gasteiger partial charge in [-0.1, -0.05) is 0 Å². The minimum Gasteiger partial charge on any atom is -0.465 e. The molecule has 6 heteroatoms. The van der Waals surface area contributed by atoms with E-state index in [1.165, 1.54) is 0 Å². The zero-order valence-corrected chi connectivity index (χ0v) is 9.77. The van der Waals surface area contributed by atoms with Crippen LogP contribution in [0.2, 0.25) is 0 Å². The summed E-state index contributed by atoms with van der Waals surface area (Å²) in [6, 6.07) is -0.156. The van der Waals surface area contributed by atoms with Crippen molar-refractivity contribution < 1.29 is 19.0 Å². The van der Waals surface area contributed by atoms with Crippen LogP contribution in [0.25, 0.3) is 0 Å². The van der Waals surface area contributed by atoms with E-state index < -0.39 is 18.3 Å². The maximum atomic E-state index is 13.8. The summed E-state index contributed by atoms with van der Waals surface area (Å²) in [6.07, 6.45) is 0.193. The van der Waals surface area contributed by atoms with Crippen molar-refractivity contribution >= 4 is 6.09 Å². The number of nitrogens with one attached hydrogen (secondary N) is 1. The molecule has 0 saturated carbocycles. The van der Waals surface area contributed by atoms with Crippen molar-refractivity contribution in [2.24, 2.45) is 0 Å². The smallest absolute Gasteiger partial charge is 0.404 e. The Hall–Kier alpha value is -0.880. The number of amides is 1. The molecule has 0 aromatic heterocycles. The van der Waals surface area contributed by atoms with Crippen molar-refractivity contribution in [3.05, 3.63) is 0 Å². The quantitative estimate of drug-likeness (QED) is 0.758. The van der Waals surface area contributed by atoms with Crippen LogP contribution in [0.3, 0.4) is 0 Å². The molecule has 1 amide bonds. The molecule has 2 fully saturated rings. The van der Waals surface area contributed by atoms with Crippen molar-refractivity contribution in [2.45, 2.75) is 37.5 Å². The van der Waals surface area contributed by atoms with Crippen LogP contribution in [0.15, 0.2) is 0 Å². The molecule has 0 unspecified atom stereocenters. The van der Waals surface area contributed by atoms with E-state index in [-0.39, 0.29) is 0 Å². The van der Waals surface area contributed by atoms with Crippen LogP contribution >= 0.6 is 0 Å². The van der Waals surface area contributed by atoms with Crippen LogP contribution in [0.1, 0.15) is 19.3 Å². The number of rotatable bonds is 2. The number of halogens is 1. The first-order valence-electron chi connectivity index (χ1n) is 6.12. The molecule has 2 saturated heterocycles. The molecule has 5 nitrogen and oxygen atoms in total. The lowest BCUT2D eigenvalue weighted by molar-refractivity contribution is 0.00532. The molecule has 0 aromatic rings. The molecule has 0 aliphatic carbocycles. The van der Waals surface area contributed by atoms with Gasteiger partial charge in [-0.25, -0.2) is 9.18 Å². The second kappa shape index (κ2) is 5.64.